The number of benzene rings is 4. The minimum absolute atomic E-state index is 0.186. The monoisotopic (exact) mass is 519 g/mol. The Balaban J connectivity index is 0.00000151. The molecule has 0 radical (unpaired) electrons. The molecular formula is C35H41N3O. The molecule has 0 bridgehead atoms. The van der Waals surface area contributed by atoms with Crippen LogP contribution in [0.4, 0.5) is 17.1 Å². The Labute approximate surface area is 233 Å². The fourth-order valence-electron chi connectivity index (χ4n) is 6.25. The first kappa shape index (κ1) is 26.8. The summed E-state index contributed by atoms with van der Waals surface area (Å²) < 4.78 is 0. The number of carbonyl (C=O) groups is 1. The van der Waals surface area contributed by atoms with Gasteiger partial charge in [-0.05, 0) is 84.5 Å². The Morgan fingerprint density at radius 2 is 1.15 bits per heavy atom. The van der Waals surface area contributed by atoms with Crippen LogP contribution in [-0.4, -0.2) is 39.5 Å². The molecule has 39 heavy (non-hydrogen) atoms. The Bertz CT molecular complexity index is 1280. The third kappa shape index (κ3) is 5.80. The molecule has 1 N–H and O–H groups in total. The van der Waals surface area contributed by atoms with Gasteiger partial charge in [-0.15, -0.1) is 0 Å². The summed E-state index contributed by atoms with van der Waals surface area (Å²) in [5, 5.41) is 6.29. The molecule has 2 aliphatic heterocycles. The maximum atomic E-state index is 8.00. The molecule has 0 amide bonds. The summed E-state index contributed by atoms with van der Waals surface area (Å²) in [6, 6.07) is 32.4. The number of carbonyl (C=O) groups excluding carboxylic acids is 1. The van der Waals surface area contributed by atoms with Crippen LogP contribution in [0.2, 0.25) is 0 Å². The zero-order valence-corrected chi connectivity index (χ0v) is 23.2. The fourth-order valence-corrected chi connectivity index (χ4v) is 6.25. The van der Waals surface area contributed by atoms with Crippen molar-refractivity contribution in [1.82, 2.24) is 0 Å². The van der Waals surface area contributed by atoms with E-state index in [1.54, 1.807) is 0 Å². The molecule has 4 heteroatoms. The number of anilines is 3. The number of rotatable bonds is 8. The van der Waals surface area contributed by atoms with Crippen LogP contribution in [0.25, 0.3) is 10.8 Å². The van der Waals surface area contributed by atoms with Gasteiger partial charge in [0.1, 0.15) is 6.79 Å². The number of hydrogen-bond donors (Lipinski definition) is 1. The van der Waals surface area contributed by atoms with Gasteiger partial charge in [-0.25, -0.2) is 0 Å². The molecule has 0 unspecified atom stereocenters. The minimum atomic E-state index is 0.186. The molecule has 4 nitrogen and oxygen atoms in total. The summed E-state index contributed by atoms with van der Waals surface area (Å²) in [7, 11) is 0. The van der Waals surface area contributed by atoms with Crippen LogP contribution in [0.15, 0.2) is 84.9 Å². The van der Waals surface area contributed by atoms with Crippen molar-refractivity contribution >= 4 is 34.6 Å². The summed E-state index contributed by atoms with van der Waals surface area (Å²) in [6.45, 7) is 9.92. The van der Waals surface area contributed by atoms with Crippen molar-refractivity contribution in [1.29, 1.82) is 0 Å². The predicted molar refractivity (Wildman–Crippen MR) is 167 cm³/mol. The van der Waals surface area contributed by atoms with Gasteiger partial charge in [-0.2, -0.15) is 0 Å². The van der Waals surface area contributed by atoms with E-state index in [-0.39, 0.29) is 5.92 Å². The second kappa shape index (κ2) is 12.8. The van der Waals surface area contributed by atoms with Gasteiger partial charge in [-0.3, -0.25) is 0 Å². The van der Waals surface area contributed by atoms with Crippen molar-refractivity contribution in [2.45, 2.75) is 44.9 Å². The highest BCUT2D eigenvalue weighted by molar-refractivity contribution is 5.97. The SMILES string of the molecule is C=O.CCCNc1ccc(C(c2ccc(N3CCCC3)cc2)c2ccc(N3CCCC3)cc2)c2ccccc12. The standard InChI is InChI=1S/C34H39N3.CH2O/c1-2-21-35-33-20-19-32(30-9-3-4-10-31(30)33)34(26-11-15-28(16-12-26)36-22-5-6-23-36)27-13-17-29(18-14-27)37-24-7-8-25-37;1-2/h3-4,9-20,34-35H,2,5-8,21-25H2,1H3;1H2. The lowest BCUT2D eigenvalue weighted by Gasteiger charge is -2.25. The molecule has 0 saturated carbocycles. The maximum Gasteiger partial charge on any atom is 0.106 e. The number of fused-ring (bicyclic) bond motifs is 1. The molecule has 4 aromatic rings. The lowest BCUT2D eigenvalue weighted by atomic mass is 9.82. The Kier molecular flexibility index (Phi) is 8.82. The number of nitrogens with zero attached hydrogens (tertiary/aromatic N) is 2. The van der Waals surface area contributed by atoms with Crippen LogP contribution in [0.3, 0.4) is 0 Å². The zero-order valence-electron chi connectivity index (χ0n) is 23.2. The average Bonchev–Trinajstić information content (AvgIpc) is 3.74. The summed E-state index contributed by atoms with van der Waals surface area (Å²) in [4.78, 5) is 13.0. The molecule has 0 spiro atoms. The molecule has 2 aliphatic rings. The molecule has 2 saturated heterocycles. The summed E-state index contributed by atoms with van der Waals surface area (Å²) in [5.74, 6) is 0.186. The van der Waals surface area contributed by atoms with E-state index in [2.05, 4.69) is 107 Å². The van der Waals surface area contributed by atoms with Gasteiger partial charge >= 0.3 is 0 Å². The van der Waals surface area contributed by atoms with Crippen molar-refractivity contribution < 1.29 is 4.79 Å². The van der Waals surface area contributed by atoms with Gasteiger partial charge < -0.3 is 19.9 Å². The summed E-state index contributed by atoms with van der Waals surface area (Å²) in [6.07, 6.45) is 6.33. The van der Waals surface area contributed by atoms with Crippen molar-refractivity contribution in [2.75, 3.05) is 47.8 Å². The van der Waals surface area contributed by atoms with Gasteiger partial charge in [0.05, 0.1) is 0 Å². The van der Waals surface area contributed by atoms with E-state index in [0.29, 0.717) is 0 Å². The van der Waals surface area contributed by atoms with Gasteiger partial charge in [0, 0.05) is 61.1 Å². The van der Waals surface area contributed by atoms with Gasteiger partial charge in [0.2, 0.25) is 0 Å². The molecule has 6 rings (SSSR count). The fraction of sp³-hybridized carbons (Fsp3) is 0.343. The van der Waals surface area contributed by atoms with Crippen molar-refractivity contribution in [2.24, 2.45) is 0 Å². The van der Waals surface area contributed by atoms with E-state index in [0.717, 1.165) is 13.0 Å². The van der Waals surface area contributed by atoms with E-state index in [1.165, 1.54) is 96.4 Å². The quantitative estimate of drug-likeness (QED) is 0.240. The van der Waals surface area contributed by atoms with E-state index in [4.69, 9.17) is 4.79 Å². The molecule has 202 valence electrons. The van der Waals surface area contributed by atoms with Crippen LogP contribution in [0.5, 0.6) is 0 Å². The lowest BCUT2D eigenvalue weighted by molar-refractivity contribution is -0.0979. The molecule has 2 heterocycles. The van der Waals surface area contributed by atoms with Gasteiger partial charge in [0.15, 0.2) is 0 Å². The maximum absolute atomic E-state index is 8.00. The van der Waals surface area contributed by atoms with Crippen molar-refractivity contribution in [3.63, 3.8) is 0 Å². The van der Waals surface area contributed by atoms with Crippen LogP contribution in [0, 0.1) is 0 Å². The zero-order chi connectivity index (χ0) is 27.0. The topological polar surface area (TPSA) is 35.6 Å². The van der Waals surface area contributed by atoms with E-state index >= 15 is 0 Å². The molecule has 4 aromatic carbocycles. The Morgan fingerprint density at radius 3 is 1.64 bits per heavy atom. The van der Waals surface area contributed by atoms with Crippen molar-refractivity contribution in [3.8, 4) is 0 Å². The van der Waals surface area contributed by atoms with Crippen LogP contribution >= 0.6 is 0 Å². The second-order valence-corrected chi connectivity index (χ2v) is 10.7. The average molecular weight is 520 g/mol. The third-order valence-corrected chi connectivity index (χ3v) is 8.23. The van der Waals surface area contributed by atoms with Crippen molar-refractivity contribution in [3.05, 3.63) is 102 Å². The van der Waals surface area contributed by atoms with E-state index in [9.17, 15) is 0 Å². The van der Waals surface area contributed by atoms with Gasteiger partial charge in [0.25, 0.3) is 0 Å². The predicted octanol–water partition coefficient (Wildman–Crippen LogP) is 7.86. The third-order valence-electron chi connectivity index (χ3n) is 8.23. The first-order chi connectivity index (χ1) is 19.3. The summed E-state index contributed by atoms with van der Waals surface area (Å²) >= 11 is 0. The molecule has 2 fully saturated rings. The normalized spacial score (nSPS) is 15.0. The lowest BCUT2D eigenvalue weighted by Crippen LogP contribution is -2.18. The van der Waals surface area contributed by atoms with Crippen LogP contribution in [-0.2, 0) is 4.79 Å². The molecular weight excluding hydrogens is 478 g/mol. The number of hydrogen-bond acceptors (Lipinski definition) is 4. The Hall–Kier alpha value is -3.79. The van der Waals surface area contributed by atoms with Crippen LogP contribution < -0.4 is 15.1 Å². The highest BCUT2D eigenvalue weighted by Crippen LogP contribution is 2.39. The molecule has 0 aliphatic carbocycles. The summed E-state index contributed by atoms with van der Waals surface area (Å²) in [5.41, 5.74) is 8.03. The van der Waals surface area contributed by atoms with E-state index < -0.39 is 0 Å². The largest absolute Gasteiger partial charge is 0.385 e. The van der Waals surface area contributed by atoms with E-state index in [1.807, 2.05) is 6.79 Å². The minimum Gasteiger partial charge on any atom is -0.385 e. The second-order valence-electron chi connectivity index (χ2n) is 10.7. The van der Waals surface area contributed by atoms with Crippen LogP contribution in [0.1, 0.15) is 61.6 Å². The molecule has 0 aromatic heterocycles. The number of nitrogens with one attached hydrogen (secondary N) is 1. The first-order valence-electron chi connectivity index (χ1n) is 14.6. The smallest absolute Gasteiger partial charge is 0.106 e. The highest BCUT2D eigenvalue weighted by atomic mass is 16.1. The first-order valence-corrected chi connectivity index (χ1v) is 14.6. The van der Waals surface area contributed by atoms with Gasteiger partial charge in [-0.1, -0.05) is 61.5 Å². The molecule has 0 atom stereocenters. The highest BCUT2D eigenvalue weighted by Gasteiger charge is 2.22. The Morgan fingerprint density at radius 1 is 0.667 bits per heavy atom.